The average Bonchev–Trinajstić information content (AvgIpc) is 2.70. The molecule has 1 aliphatic heterocycles. The summed E-state index contributed by atoms with van der Waals surface area (Å²) in [6.45, 7) is 1.94. The lowest BCUT2D eigenvalue weighted by atomic mass is 9.99. The van der Waals surface area contributed by atoms with Crippen molar-refractivity contribution in [2.24, 2.45) is 0 Å². The van der Waals surface area contributed by atoms with Crippen molar-refractivity contribution in [2.45, 2.75) is 82.3 Å². The second-order valence-electron chi connectivity index (χ2n) is 5.59. The van der Waals surface area contributed by atoms with E-state index < -0.39 is 30.4 Å². The molecular weight excluding hydrogens is 246 g/mol. The van der Waals surface area contributed by atoms with Crippen LogP contribution in [0, 0.1) is 0 Å². The van der Waals surface area contributed by atoms with Crippen molar-refractivity contribution in [3.8, 4) is 0 Å². The Morgan fingerprint density at radius 1 is 1.00 bits per heavy atom. The molecule has 0 spiro atoms. The number of hydrogen-bond donors (Lipinski definition) is 5. The maximum atomic E-state index is 10.0. The van der Waals surface area contributed by atoms with E-state index >= 15 is 0 Å². The maximum absolute atomic E-state index is 10.0. The highest BCUT2D eigenvalue weighted by Crippen LogP contribution is 2.20. The van der Waals surface area contributed by atoms with Gasteiger partial charge >= 0.3 is 0 Å². The Labute approximate surface area is 115 Å². The van der Waals surface area contributed by atoms with Crippen molar-refractivity contribution < 1.29 is 20.4 Å². The van der Waals surface area contributed by atoms with Crippen LogP contribution in [0.2, 0.25) is 0 Å². The Balaban J connectivity index is 2.20. The quantitative estimate of drug-likeness (QED) is 0.386. The van der Waals surface area contributed by atoms with Gasteiger partial charge in [0.05, 0.1) is 37.0 Å². The molecule has 0 amide bonds. The topological polar surface area (TPSA) is 93.0 Å². The van der Waals surface area contributed by atoms with Gasteiger partial charge in [0.1, 0.15) is 0 Å². The number of aliphatic hydroxyl groups excluding tert-OH is 4. The first-order valence-electron chi connectivity index (χ1n) is 7.53. The van der Waals surface area contributed by atoms with Crippen LogP contribution in [0.15, 0.2) is 0 Å². The zero-order valence-electron chi connectivity index (χ0n) is 11.8. The fourth-order valence-corrected chi connectivity index (χ4v) is 2.71. The molecule has 0 bridgehead atoms. The molecule has 1 fully saturated rings. The molecule has 0 aromatic carbocycles. The largest absolute Gasteiger partial charge is 0.395 e. The van der Waals surface area contributed by atoms with Crippen LogP contribution in [0.25, 0.3) is 0 Å². The standard InChI is InChI=1S/C14H29NO4/c1-2-3-4-5-6-7-8-11(17)12-14(19)13(18)10(9-16)15-12/h10-19H,2-9H2,1H3/t10-,11-,12-,13-,14-/m1/s1. The van der Waals surface area contributed by atoms with Crippen molar-refractivity contribution >= 4 is 0 Å². The third kappa shape index (κ3) is 5.00. The molecule has 0 radical (unpaired) electrons. The van der Waals surface area contributed by atoms with Gasteiger partial charge in [0.25, 0.3) is 0 Å². The molecule has 0 aliphatic carbocycles. The minimum atomic E-state index is -1.01. The summed E-state index contributed by atoms with van der Waals surface area (Å²) >= 11 is 0. The molecule has 5 nitrogen and oxygen atoms in total. The van der Waals surface area contributed by atoms with Crippen LogP contribution in [-0.2, 0) is 0 Å². The van der Waals surface area contributed by atoms with E-state index in [1.165, 1.54) is 25.7 Å². The van der Waals surface area contributed by atoms with Crippen molar-refractivity contribution in [1.29, 1.82) is 0 Å². The molecule has 5 N–H and O–H groups in total. The lowest BCUT2D eigenvalue weighted by molar-refractivity contribution is -0.00443. The van der Waals surface area contributed by atoms with E-state index in [9.17, 15) is 15.3 Å². The van der Waals surface area contributed by atoms with E-state index in [4.69, 9.17) is 5.11 Å². The van der Waals surface area contributed by atoms with Gasteiger partial charge in [-0.15, -0.1) is 0 Å². The first-order valence-corrected chi connectivity index (χ1v) is 7.53. The minimum Gasteiger partial charge on any atom is -0.395 e. The molecular formula is C14H29NO4. The van der Waals surface area contributed by atoms with Gasteiger partial charge < -0.3 is 25.7 Å². The van der Waals surface area contributed by atoms with Gasteiger partial charge in [0, 0.05) is 0 Å². The van der Waals surface area contributed by atoms with Gasteiger partial charge in [0.2, 0.25) is 0 Å². The first kappa shape index (κ1) is 16.9. The van der Waals surface area contributed by atoms with E-state index in [1.807, 2.05) is 0 Å². The summed E-state index contributed by atoms with van der Waals surface area (Å²) in [6.07, 6.45) is 4.85. The van der Waals surface area contributed by atoms with Gasteiger partial charge in [-0.3, -0.25) is 0 Å². The SMILES string of the molecule is CCCCCCCC[C@@H](O)[C@H]1N[C@H](CO)[C@@H](O)[C@@H]1O. The number of rotatable bonds is 9. The molecule has 5 atom stereocenters. The zero-order chi connectivity index (χ0) is 14.3. The van der Waals surface area contributed by atoms with Crippen LogP contribution in [0.5, 0.6) is 0 Å². The fraction of sp³-hybridized carbons (Fsp3) is 1.00. The van der Waals surface area contributed by atoms with Gasteiger partial charge in [-0.2, -0.15) is 0 Å². The van der Waals surface area contributed by atoms with Crippen LogP contribution >= 0.6 is 0 Å². The number of hydrogen-bond acceptors (Lipinski definition) is 5. The maximum Gasteiger partial charge on any atom is 0.0993 e. The lowest BCUT2D eigenvalue weighted by Crippen LogP contribution is -2.44. The van der Waals surface area contributed by atoms with Crippen molar-refractivity contribution in [3.05, 3.63) is 0 Å². The number of aliphatic hydroxyl groups is 4. The number of nitrogens with one attached hydrogen (secondary N) is 1. The molecule has 114 valence electrons. The van der Waals surface area contributed by atoms with E-state index in [1.54, 1.807) is 0 Å². The van der Waals surface area contributed by atoms with Crippen LogP contribution in [0.4, 0.5) is 0 Å². The van der Waals surface area contributed by atoms with Gasteiger partial charge in [-0.05, 0) is 6.42 Å². The fourth-order valence-electron chi connectivity index (χ4n) is 2.71. The molecule has 0 aromatic heterocycles. The third-order valence-corrected chi connectivity index (χ3v) is 4.00. The summed E-state index contributed by atoms with van der Waals surface area (Å²) in [6, 6.07) is -1.08. The Morgan fingerprint density at radius 2 is 1.63 bits per heavy atom. The highest BCUT2D eigenvalue weighted by atomic mass is 16.3. The predicted molar refractivity (Wildman–Crippen MR) is 73.8 cm³/mol. The predicted octanol–water partition coefficient (Wildman–Crippen LogP) is 0.152. The minimum absolute atomic E-state index is 0.238. The smallest absolute Gasteiger partial charge is 0.0993 e. The Morgan fingerprint density at radius 3 is 2.21 bits per heavy atom. The highest BCUT2D eigenvalue weighted by Gasteiger charge is 2.43. The second kappa shape index (κ2) is 8.87. The van der Waals surface area contributed by atoms with Gasteiger partial charge in [-0.25, -0.2) is 0 Å². The van der Waals surface area contributed by atoms with E-state index in [2.05, 4.69) is 12.2 Å². The Kier molecular flexibility index (Phi) is 7.87. The zero-order valence-corrected chi connectivity index (χ0v) is 11.8. The summed E-state index contributed by atoms with van der Waals surface area (Å²) in [7, 11) is 0. The van der Waals surface area contributed by atoms with Crippen LogP contribution < -0.4 is 5.32 Å². The average molecular weight is 275 g/mol. The molecule has 0 saturated carbocycles. The summed E-state index contributed by atoms with van der Waals surface area (Å²) in [5, 5.41) is 41.5. The second-order valence-corrected chi connectivity index (χ2v) is 5.59. The van der Waals surface area contributed by atoms with Crippen molar-refractivity contribution in [1.82, 2.24) is 5.32 Å². The summed E-state index contributed by atoms with van der Waals surface area (Å²) in [5.74, 6) is 0. The van der Waals surface area contributed by atoms with Crippen LogP contribution in [0.1, 0.15) is 51.9 Å². The molecule has 1 saturated heterocycles. The normalized spacial score (nSPS) is 32.7. The van der Waals surface area contributed by atoms with E-state index in [0.29, 0.717) is 6.42 Å². The summed E-state index contributed by atoms with van der Waals surface area (Å²) in [5.41, 5.74) is 0. The monoisotopic (exact) mass is 275 g/mol. The molecule has 19 heavy (non-hydrogen) atoms. The molecule has 0 unspecified atom stereocenters. The molecule has 1 heterocycles. The first-order chi connectivity index (χ1) is 9.11. The number of unbranched alkanes of at least 4 members (excludes halogenated alkanes) is 5. The molecule has 0 aromatic rings. The van der Waals surface area contributed by atoms with Gasteiger partial charge in [0.15, 0.2) is 0 Å². The van der Waals surface area contributed by atoms with Gasteiger partial charge in [-0.1, -0.05) is 45.4 Å². The molecule has 1 rings (SSSR count). The lowest BCUT2D eigenvalue weighted by Gasteiger charge is -2.22. The van der Waals surface area contributed by atoms with E-state index in [0.717, 1.165) is 12.8 Å². The summed E-state index contributed by atoms with van der Waals surface area (Å²) in [4.78, 5) is 0. The van der Waals surface area contributed by atoms with E-state index in [-0.39, 0.29) is 6.61 Å². The summed E-state index contributed by atoms with van der Waals surface area (Å²) < 4.78 is 0. The highest BCUT2D eigenvalue weighted by molar-refractivity contribution is 5.00. The van der Waals surface area contributed by atoms with Crippen molar-refractivity contribution in [2.75, 3.05) is 6.61 Å². The Bertz CT molecular complexity index is 239. The molecule has 5 heteroatoms. The molecule has 1 aliphatic rings. The van der Waals surface area contributed by atoms with Crippen LogP contribution in [0.3, 0.4) is 0 Å². The third-order valence-electron chi connectivity index (χ3n) is 4.00. The van der Waals surface area contributed by atoms with Crippen LogP contribution in [-0.4, -0.2) is 57.4 Å². The Hall–Kier alpha value is -0.200. The van der Waals surface area contributed by atoms with Crippen molar-refractivity contribution in [3.63, 3.8) is 0 Å².